The van der Waals surface area contributed by atoms with Gasteiger partial charge < -0.3 is 14.9 Å². The fraction of sp³-hybridized carbons (Fsp3) is 0.133. The van der Waals surface area contributed by atoms with Gasteiger partial charge in [0, 0.05) is 12.2 Å². The Morgan fingerprint density at radius 3 is 1.76 bits per heavy atom. The minimum Gasteiger partial charge on any atom is -0.507 e. The molecule has 0 aromatic heterocycles. The van der Waals surface area contributed by atoms with Crippen molar-refractivity contribution in [2.75, 3.05) is 0 Å². The quantitative estimate of drug-likeness (QED) is 0.468. The van der Waals surface area contributed by atoms with E-state index < -0.39 is 17.9 Å². The Balaban J connectivity index is 0.000000317. The van der Waals surface area contributed by atoms with E-state index in [1.807, 2.05) is 13.8 Å². The highest BCUT2D eigenvalue weighted by atomic mass is 16.6. The first kappa shape index (κ1) is 18.1. The largest absolute Gasteiger partial charge is 0.507 e. The first-order chi connectivity index (χ1) is 9.73. The number of ether oxygens (including phenoxy) is 1. The fourth-order valence-electron chi connectivity index (χ4n) is 0.958. The molecule has 1 aliphatic heterocycles. The van der Waals surface area contributed by atoms with Crippen LogP contribution in [0.2, 0.25) is 0 Å². The van der Waals surface area contributed by atoms with Crippen LogP contribution in [0.3, 0.4) is 0 Å². The molecule has 1 aliphatic rings. The molecular formula is C15H16O6. The van der Waals surface area contributed by atoms with Crippen molar-refractivity contribution in [1.29, 1.82) is 0 Å². The summed E-state index contributed by atoms with van der Waals surface area (Å²) in [6.07, 6.45) is 2.17. The van der Waals surface area contributed by atoms with Gasteiger partial charge in [-0.3, -0.25) is 0 Å². The molecule has 0 bridgehead atoms. The van der Waals surface area contributed by atoms with Crippen LogP contribution < -0.4 is 0 Å². The van der Waals surface area contributed by atoms with Gasteiger partial charge in [0.2, 0.25) is 0 Å². The number of carboxylic acids is 1. The van der Waals surface area contributed by atoms with Crippen molar-refractivity contribution in [3.63, 3.8) is 0 Å². The average molecular weight is 292 g/mol. The molecule has 6 heteroatoms. The van der Waals surface area contributed by atoms with Crippen molar-refractivity contribution in [3.05, 3.63) is 54.1 Å². The lowest BCUT2D eigenvalue weighted by Crippen LogP contribution is -1.96. The van der Waals surface area contributed by atoms with E-state index in [-0.39, 0.29) is 11.3 Å². The average Bonchev–Trinajstić information content (AvgIpc) is 2.73. The van der Waals surface area contributed by atoms with Crippen LogP contribution in [0.5, 0.6) is 5.75 Å². The molecule has 21 heavy (non-hydrogen) atoms. The van der Waals surface area contributed by atoms with Gasteiger partial charge in [0.15, 0.2) is 0 Å². The molecule has 112 valence electrons. The molecule has 0 spiro atoms. The third kappa shape index (κ3) is 8.77. The van der Waals surface area contributed by atoms with Gasteiger partial charge >= 0.3 is 17.9 Å². The molecule has 0 amide bonds. The molecule has 1 aromatic rings. The summed E-state index contributed by atoms with van der Waals surface area (Å²) in [5, 5.41) is 17.3. The molecule has 6 nitrogen and oxygen atoms in total. The van der Waals surface area contributed by atoms with E-state index in [1.54, 1.807) is 12.1 Å². The predicted octanol–water partition coefficient (Wildman–Crippen LogP) is 2.30. The smallest absolute Gasteiger partial charge is 0.339 e. The summed E-state index contributed by atoms with van der Waals surface area (Å²) >= 11 is 0. The van der Waals surface area contributed by atoms with Crippen molar-refractivity contribution in [1.82, 2.24) is 0 Å². The lowest BCUT2D eigenvalue weighted by Gasteiger charge is -1.95. The summed E-state index contributed by atoms with van der Waals surface area (Å²) in [6, 6.07) is 5.81. The number of hydrogen-bond acceptors (Lipinski definition) is 5. The number of benzene rings is 1. The van der Waals surface area contributed by atoms with E-state index in [0.29, 0.717) is 0 Å². The highest BCUT2D eigenvalue weighted by Gasteiger charge is 2.10. The third-order valence-corrected chi connectivity index (χ3v) is 1.69. The topological polar surface area (TPSA) is 101 Å². The van der Waals surface area contributed by atoms with Gasteiger partial charge in [0.25, 0.3) is 0 Å². The van der Waals surface area contributed by atoms with Crippen LogP contribution in [0.1, 0.15) is 24.2 Å². The van der Waals surface area contributed by atoms with Crippen molar-refractivity contribution >= 4 is 17.9 Å². The standard InChI is InChI=1S/C7H6O3.C4H2O3.C4H8/c8-6-4-2-1-3-5(6)7(9)10;5-3-1-2-4(6)7-3;1-4(2)3/h1-4,8H,(H,9,10);1-2H;1H2,2-3H3. The molecule has 0 aliphatic carbocycles. The SMILES string of the molecule is C=C(C)C.O=C(O)c1ccccc1O.O=C1C=CC(=O)O1. The molecular weight excluding hydrogens is 276 g/mol. The first-order valence-corrected chi connectivity index (χ1v) is 5.81. The zero-order valence-electron chi connectivity index (χ0n) is 11.7. The number of cyclic esters (lactones) is 2. The Kier molecular flexibility index (Phi) is 7.83. The van der Waals surface area contributed by atoms with E-state index >= 15 is 0 Å². The monoisotopic (exact) mass is 292 g/mol. The van der Waals surface area contributed by atoms with Gasteiger partial charge in [-0.15, -0.1) is 6.58 Å². The second kappa shape index (κ2) is 9.08. The van der Waals surface area contributed by atoms with E-state index in [1.165, 1.54) is 17.7 Å². The van der Waals surface area contributed by atoms with Crippen molar-refractivity contribution in [2.45, 2.75) is 13.8 Å². The maximum Gasteiger partial charge on any atom is 0.339 e. The van der Waals surface area contributed by atoms with Gasteiger partial charge in [-0.1, -0.05) is 17.7 Å². The lowest BCUT2D eigenvalue weighted by molar-refractivity contribution is -0.150. The Hall–Kier alpha value is -2.89. The molecule has 0 fully saturated rings. The van der Waals surface area contributed by atoms with Crippen LogP contribution in [0.4, 0.5) is 0 Å². The third-order valence-electron chi connectivity index (χ3n) is 1.69. The summed E-state index contributed by atoms with van der Waals surface area (Å²) in [7, 11) is 0. The number of rotatable bonds is 1. The number of aromatic hydroxyl groups is 1. The number of allylic oxidation sites excluding steroid dienone is 1. The van der Waals surface area contributed by atoms with Crippen LogP contribution in [-0.4, -0.2) is 28.1 Å². The Bertz CT molecular complexity index is 551. The molecule has 0 atom stereocenters. The summed E-state index contributed by atoms with van der Waals surface area (Å²) in [4.78, 5) is 30.1. The minimum atomic E-state index is -1.11. The summed E-state index contributed by atoms with van der Waals surface area (Å²) in [6.45, 7) is 7.50. The molecule has 0 radical (unpaired) electrons. The summed E-state index contributed by atoms with van der Waals surface area (Å²) < 4.78 is 3.97. The number of aromatic carboxylic acids is 1. The number of para-hydroxylation sites is 1. The normalized spacial score (nSPS) is 11.5. The van der Waals surface area contributed by atoms with Crippen molar-refractivity contribution in [2.24, 2.45) is 0 Å². The Morgan fingerprint density at radius 2 is 1.52 bits per heavy atom. The van der Waals surface area contributed by atoms with Gasteiger partial charge in [0.1, 0.15) is 11.3 Å². The summed E-state index contributed by atoms with van der Waals surface area (Å²) in [5.41, 5.74) is 1.10. The van der Waals surface area contributed by atoms with Gasteiger partial charge in [-0.2, -0.15) is 0 Å². The van der Waals surface area contributed by atoms with E-state index in [2.05, 4.69) is 11.3 Å². The lowest BCUT2D eigenvalue weighted by atomic mass is 10.2. The highest BCUT2D eigenvalue weighted by Crippen LogP contribution is 2.14. The van der Waals surface area contributed by atoms with Crippen LogP contribution in [-0.2, 0) is 14.3 Å². The molecule has 1 aromatic carbocycles. The molecule has 1 heterocycles. The number of carbonyl (C=O) groups is 3. The fourth-order valence-corrected chi connectivity index (χ4v) is 0.958. The number of carbonyl (C=O) groups excluding carboxylic acids is 2. The highest BCUT2D eigenvalue weighted by molar-refractivity contribution is 6.04. The van der Waals surface area contributed by atoms with Crippen LogP contribution in [0.15, 0.2) is 48.6 Å². The van der Waals surface area contributed by atoms with Gasteiger partial charge in [-0.05, 0) is 26.0 Å². The Labute approximate surface area is 122 Å². The van der Waals surface area contributed by atoms with Gasteiger partial charge in [0.05, 0.1) is 0 Å². The molecule has 2 N–H and O–H groups in total. The molecule has 0 unspecified atom stereocenters. The van der Waals surface area contributed by atoms with E-state index in [9.17, 15) is 14.4 Å². The van der Waals surface area contributed by atoms with Crippen molar-refractivity contribution < 1.29 is 29.3 Å². The number of carboxylic acid groups (broad SMARTS) is 1. The van der Waals surface area contributed by atoms with Crippen LogP contribution in [0, 0.1) is 0 Å². The second-order valence-corrected chi connectivity index (χ2v) is 4.10. The van der Waals surface area contributed by atoms with Crippen molar-refractivity contribution in [3.8, 4) is 5.75 Å². The summed E-state index contributed by atoms with van der Waals surface area (Å²) in [5.74, 6) is -2.47. The van der Waals surface area contributed by atoms with Crippen LogP contribution >= 0.6 is 0 Å². The zero-order valence-corrected chi connectivity index (χ0v) is 11.7. The maximum atomic E-state index is 10.3. The minimum absolute atomic E-state index is 0.0671. The second-order valence-electron chi connectivity index (χ2n) is 4.10. The van der Waals surface area contributed by atoms with E-state index in [4.69, 9.17) is 10.2 Å². The maximum absolute atomic E-state index is 10.3. The first-order valence-electron chi connectivity index (χ1n) is 5.81. The Morgan fingerprint density at radius 1 is 1.10 bits per heavy atom. The number of esters is 2. The molecule has 2 rings (SSSR count). The van der Waals surface area contributed by atoms with Gasteiger partial charge in [-0.25, -0.2) is 14.4 Å². The molecule has 0 saturated heterocycles. The number of phenols is 1. The van der Waals surface area contributed by atoms with E-state index in [0.717, 1.165) is 12.2 Å². The van der Waals surface area contributed by atoms with Crippen LogP contribution in [0.25, 0.3) is 0 Å². The molecule has 0 saturated carbocycles. The zero-order chi connectivity index (χ0) is 16.4. The number of hydrogen-bond donors (Lipinski definition) is 2. The predicted molar refractivity (Wildman–Crippen MR) is 75.8 cm³/mol.